The van der Waals surface area contributed by atoms with Crippen molar-refractivity contribution in [2.24, 2.45) is 0 Å². The van der Waals surface area contributed by atoms with Gasteiger partial charge in [-0.1, -0.05) is 30.3 Å². The van der Waals surface area contributed by atoms with E-state index in [1.54, 1.807) is 31.4 Å². The number of hydrogen-bond donors (Lipinski definition) is 1. The van der Waals surface area contributed by atoms with Crippen LogP contribution in [0.15, 0.2) is 59.5 Å². The maximum absolute atomic E-state index is 12.4. The van der Waals surface area contributed by atoms with Crippen LogP contribution >= 0.6 is 0 Å². The smallest absolute Gasteiger partial charge is 0.244 e. The Labute approximate surface area is 154 Å². The molecule has 0 saturated heterocycles. The van der Waals surface area contributed by atoms with Crippen molar-refractivity contribution in [1.82, 2.24) is 9.62 Å². The van der Waals surface area contributed by atoms with E-state index in [1.165, 1.54) is 26.2 Å². The van der Waals surface area contributed by atoms with Gasteiger partial charge >= 0.3 is 0 Å². The van der Waals surface area contributed by atoms with Crippen LogP contribution in [0.1, 0.15) is 11.1 Å². The number of nitrogens with one attached hydrogen (secondary N) is 1. The molecule has 0 heterocycles. The molecule has 0 fully saturated rings. The van der Waals surface area contributed by atoms with Crippen molar-refractivity contribution >= 4 is 22.0 Å². The first kappa shape index (κ1) is 19.7. The van der Waals surface area contributed by atoms with Crippen LogP contribution in [0.2, 0.25) is 0 Å². The van der Waals surface area contributed by atoms with Gasteiger partial charge in [-0.05, 0) is 35.4 Å². The normalized spacial score (nSPS) is 11.7. The Morgan fingerprint density at radius 2 is 1.88 bits per heavy atom. The summed E-state index contributed by atoms with van der Waals surface area (Å²) in [5.41, 5.74) is 1.36. The highest BCUT2D eigenvalue weighted by Crippen LogP contribution is 2.18. The molecule has 0 aliphatic heterocycles. The van der Waals surface area contributed by atoms with E-state index in [2.05, 4.69) is 5.32 Å². The molecule has 2 aromatic carbocycles. The molecule has 0 atom stereocenters. The lowest BCUT2D eigenvalue weighted by Gasteiger charge is -2.15. The molecular weight excluding hydrogens is 352 g/mol. The number of carbonyl (C=O) groups excluding carboxylic acids is 1. The largest absolute Gasteiger partial charge is 0.497 e. The van der Waals surface area contributed by atoms with Gasteiger partial charge in [0.05, 0.1) is 12.0 Å². The zero-order valence-electron chi connectivity index (χ0n) is 15.0. The van der Waals surface area contributed by atoms with Gasteiger partial charge in [-0.15, -0.1) is 0 Å². The van der Waals surface area contributed by atoms with Crippen molar-refractivity contribution in [1.29, 1.82) is 0 Å². The Kier molecular flexibility index (Phi) is 6.54. The van der Waals surface area contributed by atoms with Crippen molar-refractivity contribution in [2.75, 3.05) is 21.2 Å². The average Bonchev–Trinajstić information content (AvgIpc) is 2.65. The molecule has 2 aromatic rings. The summed E-state index contributed by atoms with van der Waals surface area (Å²) in [6.07, 6.45) is 3.07. The second-order valence-electron chi connectivity index (χ2n) is 5.72. The van der Waals surface area contributed by atoms with Crippen LogP contribution in [-0.2, 0) is 21.4 Å². The number of methoxy groups -OCH3 is 1. The van der Waals surface area contributed by atoms with Gasteiger partial charge in [-0.3, -0.25) is 4.79 Å². The molecule has 7 heteroatoms. The third-order valence-corrected chi connectivity index (χ3v) is 5.62. The minimum atomic E-state index is -3.57. The maximum Gasteiger partial charge on any atom is 0.244 e. The lowest BCUT2D eigenvalue weighted by molar-refractivity contribution is -0.116. The molecule has 0 aliphatic rings. The Balaban J connectivity index is 2.07. The van der Waals surface area contributed by atoms with Gasteiger partial charge in [0.15, 0.2) is 0 Å². The first-order valence-electron chi connectivity index (χ1n) is 7.95. The van der Waals surface area contributed by atoms with Crippen LogP contribution in [0.5, 0.6) is 5.75 Å². The summed E-state index contributed by atoms with van der Waals surface area (Å²) in [7, 11) is 0.957. The predicted molar refractivity (Wildman–Crippen MR) is 101 cm³/mol. The van der Waals surface area contributed by atoms with Crippen LogP contribution in [0.3, 0.4) is 0 Å². The first-order valence-corrected chi connectivity index (χ1v) is 9.39. The summed E-state index contributed by atoms with van der Waals surface area (Å²) in [6.45, 7) is 0.116. The fourth-order valence-electron chi connectivity index (χ4n) is 2.26. The third kappa shape index (κ3) is 4.93. The lowest BCUT2D eigenvalue weighted by Crippen LogP contribution is -2.26. The molecule has 2 rings (SSSR count). The highest BCUT2D eigenvalue weighted by molar-refractivity contribution is 7.89. The van der Waals surface area contributed by atoms with Gasteiger partial charge < -0.3 is 10.1 Å². The minimum absolute atomic E-state index is 0.116. The number of sulfonamides is 1. The Hall–Kier alpha value is -2.64. The van der Waals surface area contributed by atoms with Gasteiger partial charge in [0.25, 0.3) is 0 Å². The number of hydrogen-bond acceptors (Lipinski definition) is 4. The SMILES string of the molecule is COc1cccc(/C=C/C(=O)NCc2ccccc2S(=O)(=O)N(C)C)c1. The molecule has 0 radical (unpaired) electrons. The molecule has 1 N–H and O–H groups in total. The van der Waals surface area contributed by atoms with E-state index in [-0.39, 0.29) is 17.3 Å². The van der Waals surface area contributed by atoms with E-state index in [4.69, 9.17) is 4.74 Å². The summed E-state index contributed by atoms with van der Waals surface area (Å²) in [6, 6.07) is 13.9. The van der Waals surface area contributed by atoms with Crippen molar-refractivity contribution in [3.05, 3.63) is 65.7 Å². The van der Waals surface area contributed by atoms with Crippen LogP contribution in [-0.4, -0.2) is 39.8 Å². The van der Waals surface area contributed by atoms with Gasteiger partial charge in [0.2, 0.25) is 15.9 Å². The zero-order valence-corrected chi connectivity index (χ0v) is 15.8. The highest BCUT2D eigenvalue weighted by Gasteiger charge is 2.20. The van der Waals surface area contributed by atoms with Crippen molar-refractivity contribution in [3.63, 3.8) is 0 Å². The fourth-order valence-corrected chi connectivity index (χ4v) is 3.37. The Morgan fingerprint density at radius 3 is 2.58 bits per heavy atom. The second-order valence-corrected chi connectivity index (χ2v) is 7.84. The Bertz CT molecular complexity index is 905. The Morgan fingerprint density at radius 1 is 1.15 bits per heavy atom. The molecule has 138 valence electrons. The van der Waals surface area contributed by atoms with E-state index in [1.807, 2.05) is 24.3 Å². The van der Waals surface area contributed by atoms with Gasteiger partial charge in [-0.25, -0.2) is 12.7 Å². The van der Waals surface area contributed by atoms with Gasteiger partial charge in [-0.2, -0.15) is 0 Å². The minimum Gasteiger partial charge on any atom is -0.497 e. The van der Waals surface area contributed by atoms with Crippen molar-refractivity contribution in [2.45, 2.75) is 11.4 Å². The summed E-state index contributed by atoms with van der Waals surface area (Å²) >= 11 is 0. The molecule has 0 bridgehead atoms. The van der Waals surface area contributed by atoms with Crippen LogP contribution in [0, 0.1) is 0 Å². The quantitative estimate of drug-likeness (QED) is 0.755. The van der Waals surface area contributed by atoms with E-state index in [0.29, 0.717) is 11.3 Å². The van der Waals surface area contributed by atoms with Crippen molar-refractivity contribution < 1.29 is 17.9 Å². The number of nitrogens with zero attached hydrogens (tertiary/aromatic N) is 1. The standard InChI is InChI=1S/C19H22N2O4S/c1-21(2)26(23,24)18-10-5-4-8-16(18)14-20-19(22)12-11-15-7-6-9-17(13-15)25-3/h4-13H,14H2,1-3H3,(H,20,22)/b12-11+. The third-order valence-electron chi connectivity index (χ3n) is 3.71. The summed E-state index contributed by atoms with van der Waals surface area (Å²) in [5.74, 6) is 0.389. The van der Waals surface area contributed by atoms with E-state index >= 15 is 0 Å². The number of amides is 1. The van der Waals surface area contributed by atoms with Crippen molar-refractivity contribution in [3.8, 4) is 5.75 Å². The monoisotopic (exact) mass is 374 g/mol. The molecule has 0 saturated carbocycles. The second kappa shape index (κ2) is 8.64. The summed E-state index contributed by atoms with van der Waals surface area (Å²) in [4.78, 5) is 12.2. The topological polar surface area (TPSA) is 75.7 Å². The molecule has 26 heavy (non-hydrogen) atoms. The van der Waals surface area contributed by atoms with Crippen LogP contribution in [0.25, 0.3) is 6.08 Å². The average molecular weight is 374 g/mol. The summed E-state index contributed by atoms with van der Waals surface area (Å²) < 4.78 is 31.0. The molecule has 0 aliphatic carbocycles. The van der Waals surface area contributed by atoms with Crippen LogP contribution < -0.4 is 10.1 Å². The molecule has 0 spiro atoms. The maximum atomic E-state index is 12.4. The summed E-state index contributed by atoms with van der Waals surface area (Å²) in [5, 5.41) is 2.71. The van der Waals surface area contributed by atoms with E-state index in [9.17, 15) is 13.2 Å². The van der Waals surface area contributed by atoms with E-state index < -0.39 is 10.0 Å². The van der Waals surface area contributed by atoms with Crippen LogP contribution in [0.4, 0.5) is 0 Å². The van der Waals surface area contributed by atoms with Gasteiger partial charge in [0.1, 0.15) is 5.75 Å². The molecule has 0 unspecified atom stereocenters. The zero-order chi connectivity index (χ0) is 19.2. The number of rotatable bonds is 7. The fraction of sp³-hybridized carbons (Fsp3) is 0.211. The predicted octanol–water partition coefficient (Wildman–Crippen LogP) is 2.28. The number of benzene rings is 2. The molecule has 0 aromatic heterocycles. The number of ether oxygens (including phenoxy) is 1. The first-order chi connectivity index (χ1) is 12.3. The molecule has 6 nitrogen and oxygen atoms in total. The lowest BCUT2D eigenvalue weighted by atomic mass is 10.2. The highest BCUT2D eigenvalue weighted by atomic mass is 32.2. The molecule has 1 amide bonds. The van der Waals surface area contributed by atoms with E-state index in [0.717, 1.165) is 9.87 Å². The van der Waals surface area contributed by atoms with Gasteiger partial charge in [0, 0.05) is 26.7 Å². The molecular formula is C19H22N2O4S. The number of carbonyl (C=O) groups is 1.